The third-order valence-electron chi connectivity index (χ3n) is 3.43. The van der Waals surface area contributed by atoms with E-state index in [1.807, 2.05) is 30.3 Å². The summed E-state index contributed by atoms with van der Waals surface area (Å²) in [6.07, 6.45) is -0.905. The summed E-state index contributed by atoms with van der Waals surface area (Å²) in [5.41, 5.74) is 1.02. The average Bonchev–Trinajstić information content (AvgIpc) is 2.60. The van der Waals surface area contributed by atoms with Crippen molar-refractivity contribution < 1.29 is 19.1 Å². The third-order valence-corrected chi connectivity index (χ3v) is 3.43. The van der Waals surface area contributed by atoms with E-state index in [1.165, 1.54) is 12.0 Å². The smallest absolute Gasteiger partial charge is 0.342 e. The number of hydrogen-bond acceptors (Lipinski definition) is 4. The van der Waals surface area contributed by atoms with E-state index < -0.39 is 12.1 Å². The largest absolute Gasteiger partial charge is 0.496 e. The molecule has 1 atom stereocenters. The molecule has 2 aromatic rings. The number of likely N-dealkylation sites (N-methyl/N-ethyl adjacent to an activating group) is 1. The van der Waals surface area contributed by atoms with E-state index in [2.05, 4.69) is 0 Å². The van der Waals surface area contributed by atoms with Crippen LogP contribution in [0.4, 0.5) is 5.69 Å². The lowest BCUT2D eigenvalue weighted by Gasteiger charge is -2.21. The Morgan fingerprint density at radius 2 is 1.61 bits per heavy atom. The molecule has 2 rings (SSSR count). The highest BCUT2D eigenvalue weighted by Gasteiger charge is 2.24. The molecule has 23 heavy (non-hydrogen) atoms. The van der Waals surface area contributed by atoms with Gasteiger partial charge in [0, 0.05) is 12.7 Å². The minimum absolute atomic E-state index is 0.289. The number of anilines is 1. The number of benzene rings is 2. The van der Waals surface area contributed by atoms with Crippen LogP contribution in [0, 0.1) is 0 Å². The zero-order valence-electron chi connectivity index (χ0n) is 13.4. The van der Waals surface area contributed by atoms with Crippen LogP contribution in [0.3, 0.4) is 0 Å². The first kappa shape index (κ1) is 16.5. The van der Waals surface area contributed by atoms with Gasteiger partial charge in [-0.25, -0.2) is 4.79 Å². The van der Waals surface area contributed by atoms with Crippen LogP contribution in [0.25, 0.3) is 0 Å². The number of rotatable bonds is 5. The number of amides is 1. The first-order chi connectivity index (χ1) is 11.0. The Bertz CT molecular complexity index is 684. The molecule has 1 amide bonds. The molecular weight excluding hydrogens is 294 g/mol. The Hall–Kier alpha value is -2.82. The number of methoxy groups -OCH3 is 1. The van der Waals surface area contributed by atoms with Crippen LogP contribution in [0.15, 0.2) is 54.6 Å². The van der Waals surface area contributed by atoms with Gasteiger partial charge in [-0.2, -0.15) is 0 Å². The second-order valence-corrected chi connectivity index (χ2v) is 4.98. The van der Waals surface area contributed by atoms with E-state index in [0.29, 0.717) is 5.75 Å². The summed E-state index contributed by atoms with van der Waals surface area (Å²) in [5, 5.41) is 0. The molecule has 0 aliphatic carbocycles. The second kappa shape index (κ2) is 7.45. The molecule has 2 aromatic carbocycles. The fourth-order valence-electron chi connectivity index (χ4n) is 2.14. The van der Waals surface area contributed by atoms with Gasteiger partial charge in [0.25, 0.3) is 5.91 Å². The van der Waals surface area contributed by atoms with E-state index in [0.717, 1.165) is 5.69 Å². The van der Waals surface area contributed by atoms with Gasteiger partial charge in [-0.05, 0) is 31.2 Å². The average molecular weight is 313 g/mol. The van der Waals surface area contributed by atoms with Crippen molar-refractivity contribution in [2.75, 3.05) is 19.1 Å². The van der Waals surface area contributed by atoms with Gasteiger partial charge in [-0.3, -0.25) is 4.79 Å². The molecule has 5 nitrogen and oxygen atoms in total. The van der Waals surface area contributed by atoms with Gasteiger partial charge in [0.1, 0.15) is 11.3 Å². The predicted molar refractivity (Wildman–Crippen MR) is 87.7 cm³/mol. The molecule has 0 heterocycles. The minimum Gasteiger partial charge on any atom is -0.496 e. The minimum atomic E-state index is -0.905. The van der Waals surface area contributed by atoms with Gasteiger partial charge >= 0.3 is 5.97 Å². The lowest BCUT2D eigenvalue weighted by molar-refractivity contribution is -0.126. The maximum Gasteiger partial charge on any atom is 0.342 e. The first-order valence-electron chi connectivity index (χ1n) is 7.21. The van der Waals surface area contributed by atoms with Gasteiger partial charge < -0.3 is 14.4 Å². The van der Waals surface area contributed by atoms with Crippen molar-refractivity contribution in [3.8, 4) is 5.75 Å². The number of hydrogen-bond donors (Lipinski definition) is 0. The molecule has 0 N–H and O–H groups in total. The van der Waals surface area contributed by atoms with Crippen molar-refractivity contribution in [1.82, 2.24) is 0 Å². The van der Waals surface area contributed by atoms with Gasteiger partial charge in [0.2, 0.25) is 0 Å². The monoisotopic (exact) mass is 313 g/mol. The molecule has 0 spiro atoms. The van der Waals surface area contributed by atoms with E-state index in [9.17, 15) is 9.59 Å². The van der Waals surface area contributed by atoms with Crippen molar-refractivity contribution in [1.29, 1.82) is 0 Å². The van der Waals surface area contributed by atoms with Crippen molar-refractivity contribution in [3.63, 3.8) is 0 Å². The van der Waals surface area contributed by atoms with E-state index in [1.54, 1.807) is 38.2 Å². The molecule has 0 aliphatic rings. The number of nitrogens with zero attached hydrogens (tertiary/aromatic N) is 1. The number of esters is 1. The molecule has 5 heteroatoms. The van der Waals surface area contributed by atoms with Crippen LogP contribution in [0.2, 0.25) is 0 Å². The first-order valence-corrected chi connectivity index (χ1v) is 7.21. The van der Waals surface area contributed by atoms with Crippen molar-refractivity contribution in [3.05, 3.63) is 60.2 Å². The van der Waals surface area contributed by atoms with Crippen molar-refractivity contribution >= 4 is 17.6 Å². The Balaban J connectivity index is 2.07. The summed E-state index contributed by atoms with van der Waals surface area (Å²) in [5.74, 6) is -0.488. The zero-order valence-corrected chi connectivity index (χ0v) is 13.4. The van der Waals surface area contributed by atoms with Gasteiger partial charge in [-0.15, -0.1) is 0 Å². The Kier molecular flexibility index (Phi) is 5.36. The van der Waals surface area contributed by atoms with E-state index >= 15 is 0 Å². The topological polar surface area (TPSA) is 55.8 Å². The molecule has 0 saturated carbocycles. The van der Waals surface area contributed by atoms with Crippen molar-refractivity contribution in [2.45, 2.75) is 13.0 Å². The summed E-state index contributed by atoms with van der Waals surface area (Å²) in [4.78, 5) is 26.1. The number of ether oxygens (including phenoxy) is 2. The van der Waals surface area contributed by atoms with Crippen LogP contribution < -0.4 is 9.64 Å². The molecule has 0 aromatic heterocycles. The quantitative estimate of drug-likeness (QED) is 0.797. The third kappa shape index (κ3) is 3.88. The highest BCUT2D eigenvalue weighted by Crippen LogP contribution is 2.19. The summed E-state index contributed by atoms with van der Waals surface area (Å²) < 4.78 is 10.4. The van der Waals surface area contributed by atoms with Crippen LogP contribution in [-0.4, -0.2) is 32.1 Å². The molecule has 0 aliphatic heterocycles. The summed E-state index contributed by atoms with van der Waals surface area (Å²) in [7, 11) is 3.12. The Morgan fingerprint density at radius 3 is 2.26 bits per heavy atom. The summed E-state index contributed by atoms with van der Waals surface area (Å²) in [6.45, 7) is 1.55. The number of carbonyl (C=O) groups is 2. The Morgan fingerprint density at radius 1 is 1.00 bits per heavy atom. The maximum absolute atomic E-state index is 12.4. The fourth-order valence-corrected chi connectivity index (χ4v) is 2.14. The Labute approximate surface area is 135 Å². The standard InChI is InChI=1S/C18H19NO4/c1-13(17(20)19(2)14-9-5-4-6-10-14)23-18(21)15-11-7-8-12-16(15)22-3/h4-13H,1-3H3/t13-/m1/s1. The van der Waals surface area contributed by atoms with E-state index in [-0.39, 0.29) is 11.5 Å². The highest BCUT2D eigenvalue weighted by atomic mass is 16.5. The van der Waals surface area contributed by atoms with Crippen LogP contribution in [0.1, 0.15) is 17.3 Å². The van der Waals surface area contributed by atoms with E-state index in [4.69, 9.17) is 9.47 Å². The molecule has 0 radical (unpaired) electrons. The molecule has 0 bridgehead atoms. The maximum atomic E-state index is 12.4. The number of carbonyl (C=O) groups excluding carboxylic acids is 2. The number of para-hydroxylation sites is 2. The molecule has 120 valence electrons. The second-order valence-electron chi connectivity index (χ2n) is 4.98. The summed E-state index contributed by atoms with van der Waals surface area (Å²) in [6, 6.07) is 15.9. The summed E-state index contributed by atoms with van der Waals surface area (Å²) >= 11 is 0. The molecule has 0 fully saturated rings. The fraction of sp³-hybridized carbons (Fsp3) is 0.222. The van der Waals surface area contributed by atoms with Gasteiger partial charge in [-0.1, -0.05) is 30.3 Å². The van der Waals surface area contributed by atoms with Gasteiger partial charge in [0.15, 0.2) is 6.10 Å². The highest BCUT2D eigenvalue weighted by molar-refractivity contribution is 5.99. The van der Waals surface area contributed by atoms with Crippen LogP contribution in [0.5, 0.6) is 5.75 Å². The van der Waals surface area contributed by atoms with Crippen LogP contribution in [-0.2, 0) is 9.53 Å². The van der Waals surface area contributed by atoms with Gasteiger partial charge in [0.05, 0.1) is 7.11 Å². The lowest BCUT2D eigenvalue weighted by atomic mass is 10.2. The SMILES string of the molecule is COc1ccccc1C(=O)O[C@H](C)C(=O)N(C)c1ccccc1. The molecule has 0 unspecified atom stereocenters. The van der Waals surface area contributed by atoms with Crippen molar-refractivity contribution in [2.24, 2.45) is 0 Å². The van der Waals surface area contributed by atoms with Crippen LogP contribution >= 0.6 is 0 Å². The molecular formula is C18H19NO4. The predicted octanol–water partition coefficient (Wildman–Crippen LogP) is 2.90. The normalized spacial score (nSPS) is 11.4. The lowest BCUT2D eigenvalue weighted by Crippen LogP contribution is -2.37. The zero-order chi connectivity index (χ0) is 16.8. The molecule has 0 saturated heterocycles.